The maximum Gasteiger partial charge on any atom is 0.188 e. The van der Waals surface area contributed by atoms with Gasteiger partial charge < -0.3 is 24.7 Å². The van der Waals surface area contributed by atoms with Gasteiger partial charge in [-0.1, -0.05) is 35.4 Å². The highest BCUT2D eigenvalue weighted by atomic mass is 16.7. The Kier molecular flexibility index (Phi) is 7.03. The molecular formula is C21H29NO4. The van der Waals surface area contributed by atoms with Crippen LogP contribution >= 0.6 is 0 Å². The lowest BCUT2D eigenvalue weighted by Gasteiger charge is -2.23. The molecule has 2 aromatic rings. The highest BCUT2D eigenvalue weighted by molar-refractivity contribution is 5.53. The standard InChI is InChI=1S/C21H29NO4/c1-13-7-15(3)20(25-11-23-5)17(9-13)19(22)18-10-14(2)8-16(4)21(18)26-12-24-6/h7-10,19H,11-12,22H2,1-6H3. The van der Waals surface area contributed by atoms with Gasteiger partial charge in [-0.15, -0.1) is 0 Å². The van der Waals surface area contributed by atoms with E-state index in [-0.39, 0.29) is 13.6 Å². The van der Waals surface area contributed by atoms with E-state index in [1.165, 1.54) is 0 Å². The highest BCUT2D eigenvalue weighted by Crippen LogP contribution is 2.38. The molecule has 0 spiro atoms. The monoisotopic (exact) mass is 359 g/mol. The molecule has 5 nitrogen and oxygen atoms in total. The van der Waals surface area contributed by atoms with Gasteiger partial charge in [-0.25, -0.2) is 0 Å². The highest BCUT2D eigenvalue weighted by Gasteiger charge is 2.22. The van der Waals surface area contributed by atoms with Crippen LogP contribution in [0.2, 0.25) is 0 Å². The van der Waals surface area contributed by atoms with Gasteiger partial charge in [0.25, 0.3) is 0 Å². The Morgan fingerprint density at radius 2 is 1.12 bits per heavy atom. The number of methoxy groups -OCH3 is 2. The van der Waals surface area contributed by atoms with Gasteiger partial charge in [0, 0.05) is 25.3 Å². The van der Waals surface area contributed by atoms with Gasteiger partial charge in [-0.3, -0.25) is 0 Å². The summed E-state index contributed by atoms with van der Waals surface area (Å²) >= 11 is 0. The summed E-state index contributed by atoms with van der Waals surface area (Å²) in [6.45, 7) is 8.46. The van der Waals surface area contributed by atoms with Crippen molar-refractivity contribution in [1.82, 2.24) is 0 Å². The third-order valence-corrected chi connectivity index (χ3v) is 4.21. The summed E-state index contributed by atoms with van der Waals surface area (Å²) in [5.74, 6) is 1.50. The lowest BCUT2D eigenvalue weighted by atomic mass is 9.92. The van der Waals surface area contributed by atoms with Crippen molar-refractivity contribution in [3.05, 3.63) is 57.6 Å². The van der Waals surface area contributed by atoms with E-state index >= 15 is 0 Å². The lowest BCUT2D eigenvalue weighted by Crippen LogP contribution is -2.17. The lowest BCUT2D eigenvalue weighted by molar-refractivity contribution is 0.0488. The predicted octanol–water partition coefficient (Wildman–Crippen LogP) is 3.93. The van der Waals surface area contributed by atoms with Gasteiger partial charge in [0.2, 0.25) is 0 Å². The van der Waals surface area contributed by atoms with Crippen molar-refractivity contribution >= 4 is 0 Å². The third kappa shape index (κ3) is 4.55. The van der Waals surface area contributed by atoms with Crippen molar-refractivity contribution in [3.63, 3.8) is 0 Å². The minimum Gasteiger partial charge on any atom is -0.467 e. The normalized spacial score (nSPS) is 11.1. The Morgan fingerprint density at radius 3 is 1.46 bits per heavy atom. The van der Waals surface area contributed by atoms with Crippen LogP contribution in [0.5, 0.6) is 11.5 Å². The number of aryl methyl sites for hydroxylation is 4. The number of hydrogen-bond acceptors (Lipinski definition) is 5. The van der Waals surface area contributed by atoms with E-state index in [9.17, 15) is 0 Å². The molecule has 0 bridgehead atoms. The summed E-state index contributed by atoms with van der Waals surface area (Å²) in [4.78, 5) is 0. The van der Waals surface area contributed by atoms with Crippen molar-refractivity contribution in [2.45, 2.75) is 33.7 Å². The second kappa shape index (κ2) is 9.03. The number of rotatable bonds is 8. The van der Waals surface area contributed by atoms with Gasteiger partial charge in [-0.05, 0) is 38.8 Å². The molecule has 0 aliphatic carbocycles. The average molecular weight is 359 g/mol. The summed E-state index contributed by atoms with van der Waals surface area (Å²) in [5, 5.41) is 0. The Morgan fingerprint density at radius 1 is 0.731 bits per heavy atom. The molecule has 0 aromatic heterocycles. The maximum atomic E-state index is 6.70. The zero-order valence-electron chi connectivity index (χ0n) is 16.5. The van der Waals surface area contributed by atoms with E-state index in [0.29, 0.717) is 0 Å². The first-order chi connectivity index (χ1) is 12.4. The molecule has 0 amide bonds. The van der Waals surface area contributed by atoms with Crippen LogP contribution in [0.1, 0.15) is 39.4 Å². The number of benzene rings is 2. The van der Waals surface area contributed by atoms with Crippen LogP contribution < -0.4 is 15.2 Å². The average Bonchev–Trinajstić information content (AvgIpc) is 2.58. The van der Waals surface area contributed by atoms with E-state index in [4.69, 9.17) is 24.7 Å². The Bertz CT molecular complexity index is 695. The Hall–Kier alpha value is -2.08. The number of ether oxygens (including phenoxy) is 4. The van der Waals surface area contributed by atoms with Crippen LogP contribution in [0.3, 0.4) is 0 Å². The van der Waals surface area contributed by atoms with Crippen LogP contribution in [0.4, 0.5) is 0 Å². The van der Waals surface area contributed by atoms with Crippen LogP contribution in [0.25, 0.3) is 0 Å². The smallest absolute Gasteiger partial charge is 0.188 e. The topological polar surface area (TPSA) is 62.9 Å². The molecule has 2 aromatic carbocycles. The number of hydrogen-bond donors (Lipinski definition) is 1. The van der Waals surface area contributed by atoms with Crippen molar-refractivity contribution in [2.24, 2.45) is 5.73 Å². The summed E-state index contributed by atoms with van der Waals surface area (Å²) in [6, 6.07) is 7.86. The molecule has 0 radical (unpaired) electrons. The van der Waals surface area contributed by atoms with E-state index in [1.54, 1.807) is 14.2 Å². The zero-order valence-corrected chi connectivity index (χ0v) is 16.5. The van der Waals surface area contributed by atoms with Crippen LogP contribution in [-0.2, 0) is 9.47 Å². The van der Waals surface area contributed by atoms with Gasteiger partial charge in [0.15, 0.2) is 13.6 Å². The third-order valence-electron chi connectivity index (χ3n) is 4.21. The molecular weight excluding hydrogens is 330 g/mol. The summed E-state index contributed by atoms with van der Waals surface area (Å²) in [7, 11) is 3.20. The summed E-state index contributed by atoms with van der Waals surface area (Å²) in [6.07, 6.45) is 0. The Labute approximate surface area is 156 Å². The molecule has 2 rings (SSSR count). The van der Waals surface area contributed by atoms with Crippen molar-refractivity contribution in [1.29, 1.82) is 0 Å². The molecule has 0 saturated heterocycles. The van der Waals surface area contributed by atoms with E-state index < -0.39 is 6.04 Å². The molecule has 0 aliphatic heterocycles. The van der Waals surface area contributed by atoms with E-state index in [2.05, 4.69) is 24.3 Å². The molecule has 0 heterocycles. The molecule has 0 fully saturated rings. The first kappa shape index (κ1) is 20.2. The van der Waals surface area contributed by atoms with Gasteiger partial charge >= 0.3 is 0 Å². The van der Waals surface area contributed by atoms with Gasteiger partial charge in [0.05, 0.1) is 6.04 Å². The summed E-state index contributed by atoms with van der Waals surface area (Å²) < 4.78 is 21.8. The molecule has 142 valence electrons. The second-order valence-electron chi connectivity index (χ2n) is 6.58. The van der Waals surface area contributed by atoms with E-state index in [1.807, 2.05) is 27.7 Å². The van der Waals surface area contributed by atoms with Crippen LogP contribution in [-0.4, -0.2) is 27.8 Å². The second-order valence-corrected chi connectivity index (χ2v) is 6.58. The quantitative estimate of drug-likeness (QED) is 0.724. The minimum atomic E-state index is -0.397. The molecule has 0 aliphatic rings. The van der Waals surface area contributed by atoms with Crippen molar-refractivity contribution in [3.8, 4) is 11.5 Å². The van der Waals surface area contributed by atoms with E-state index in [0.717, 1.165) is 44.9 Å². The molecule has 26 heavy (non-hydrogen) atoms. The number of nitrogens with two attached hydrogens (primary N) is 1. The minimum absolute atomic E-state index is 0.170. The zero-order chi connectivity index (χ0) is 19.3. The Balaban J connectivity index is 2.56. The van der Waals surface area contributed by atoms with Crippen molar-refractivity contribution < 1.29 is 18.9 Å². The van der Waals surface area contributed by atoms with Gasteiger partial charge in [0.1, 0.15) is 11.5 Å². The maximum absolute atomic E-state index is 6.70. The largest absolute Gasteiger partial charge is 0.467 e. The molecule has 5 heteroatoms. The molecule has 2 N–H and O–H groups in total. The van der Waals surface area contributed by atoms with Gasteiger partial charge in [-0.2, -0.15) is 0 Å². The predicted molar refractivity (Wildman–Crippen MR) is 103 cm³/mol. The molecule has 0 saturated carbocycles. The van der Waals surface area contributed by atoms with Crippen molar-refractivity contribution in [2.75, 3.05) is 27.8 Å². The first-order valence-electron chi connectivity index (χ1n) is 8.60. The summed E-state index contributed by atoms with van der Waals surface area (Å²) in [5.41, 5.74) is 12.8. The molecule has 0 unspecified atom stereocenters. The fraction of sp³-hybridized carbons (Fsp3) is 0.429. The molecule has 0 atom stereocenters. The van der Waals surface area contributed by atoms with Crippen LogP contribution in [0.15, 0.2) is 24.3 Å². The first-order valence-corrected chi connectivity index (χ1v) is 8.60. The fourth-order valence-electron chi connectivity index (χ4n) is 3.23. The SMILES string of the molecule is COCOc1c(C)cc(C)cc1C(N)c1cc(C)cc(C)c1OCOC. The van der Waals surface area contributed by atoms with Crippen LogP contribution in [0, 0.1) is 27.7 Å². The fourth-order valence-corrected chi connectivity index (χ4v) is 3.23.